The summed E-state index contributed by atoms with van der Waals surface area (Å²) in [4.78, 5) is 2.20. The zero-order valence-corrected chi connectivity index (χ0v) is 11.3. The fourth-order valence-corrected chi connectivity index (χ4v) is 2.21. The maximum Gasteiger partial charge on any atom is 0.140 e. The van der Waals surface area contributed by atoms with Crippen LogP contribution in [0, 0.1) is 0 Å². The highest BCUT2D eigenvalue weighted by Gasteiger charge is 2.32. The Morgan fingerprint density at radius 1 is 1.65 bits per heavy atom. The highest BCUT2D eigenvalue weighted by atomic mass is 16.5. The summed E-state index contributed by atoms with van der Waals surface area (Å²) in [6.45, 7) is 7.22. The van der Waals surface area contributed by atoms with Crippen LogP contribution < -0.4 is 5.73 Å². The molecule has 0 amide bonds. The van der Waals surface area contributed by atoms with Crippen molar-refractivity contribution in [3.63, 3.8) is 0 Å². The Morgan fingerprint density at radius 3 is 2.76 bits per heavy atom. The Labute approximate surface area is 104 Å². The number of nitrogens with zero attached hydrogens (tertiary/aromatic N) is 2. The van der Waals surface area contributed by atoms with E-state index in [-0.39, 0.29) is 17.5 Å². The maximum absolute atomic E-state index is 8.54. The molecule has 0 radical (unpaired) electrons. The third-order valence-electron chi connectivity index (χ3n) is 3.43. The summed E-state index contributed by atoms with van der Waals surface area (Å²) in [5.74, 6) is 0.275. The Morgan fingerprint density at radius 2 is 2.29 bits per heavy atom. The summed E-state index contributed by atoms with van der Waals surface area (Å²) < 4.78 is 5.95. The summed E-state index contributed by atoms with van der Waals surface area (Å²) >= 11 is 0. The molecule has 2 unspecified atom stereocenters. The number of oxime groups is 1. The topological polar surface area (TPSA) is 71.1 Å². The first-order valence-corrected chi connectivity index (χ1v) is 6.18. The van der Waals surface area contributed by atoms with Gasteiger partial charge in [0.1, 0.15) is 5.84 Å². The molecule has 1 saturated heterocycles. The van der Waals surface area contributed by atoms with Crippen molar-refractivity contribution < 1.29 is 9.94 Å². The van der Waals surface area contributed by atoms with Crippen molar-refractivity contribution >= 4 is 5.84 Å². The molecule has 5 nitrogen and oxygen atoms in total. The van der Waals surface area contributed by atoms with Gasteiger partial charge >= 0.3 is 0 Å². The molecule has 0 bridgehead atoms. The quantitative estimate of drug-likeness (QED) is 0.331. The van der Waals surface area contributed by atoms with E-state index >= 15 is 0 Å². The Hall–Kier alpha value is -0.810. The monoisotopic (exact) mass is 243 g/mol. The third-order valence-corrected chi connectivity index (χ3v) is 3.43. The molecular weight excluding hydrogens is 218 g/mol. The first kappa shape index (κ1) is 14.3. The van der Waals surface area contributed by atoms with E-state index in [4.69, 9.17) is 15.7 Å². The lowest BCUT2D eigenvalue weighted by molar-refractivity contribution is -0.0292. The van der Waals surface area contributed by atoms with Crippen molar-refractivity contribution in [3.8, 4) is 0 Å². The predicted molar refractivity (Wildman–Crippen MR) is 68.3 cm³/mol. The van der Waals surface area contributed by atoms with Gasteiger partial charge in [0.25, 0.3) is 0 Å². The van der Waals surface area contributed by atoms with Crippen molar-refractivity contribution in [2.75, 3.05) is 13.6 Å². The first-order valence-electron chi connectivity index (χ1n) is 6.18. The summed E-state index contributed by atoms with van der Waals surface area (Å²) in [5.41, 5.74) is 5.52. The zero-order chi connectivity index (χ0) is 13.1. The van der Waals surface area contributed by atoms with Crippen LogP contribution in [0.3, 0.4) is 0 Å². The van der Waals surface area contributed by atoms with E-state index in [1.807, 2.05) is 7.05 Å². The standard InChI is InChI=1S/C12H25N3O2/c1-9(7-11(13)14-16)15(4)8-10-5-6-12(2,3)17-10/h9-10,16H,5-8H2,1-4H3,(H2,13,14). The average Bonchev–Trinajstić information content (AvgIpc) is 2.57. The van der Waals surface area contributed by atoms with Crippen LogP contribution in [0.15, 0.2) is 5.16 Å². The van der Waals surface area contributed by atoms with Gasteiger partial charge in [-0.3, -0.25) is 0 Å². The Balaban J connectivity index is 2.36. The number of rotatable bonds is 5. The fourth-order valence-electron chi connectivity index (χ4n) is 2.21. The van der Waals surface area contributed by atoms with Gasteiger partial charge in [0.2, 0.25) is 0 Å². The molecule has 0 aromatic rings. The predicted octanol–water partition coefficient (Wildman–Crippen LogP) is 1.40. The average molecular weight is 243 g/mol. The molecule has 0 aromatic heterocycles. The van der Waals surface area contributed by atoms with Crippen LogP contribution in [0.25, 0.3) is 0 Å². The minimum absolute atomic E-state index is 0.0142. The summed E-state index contributed by atoms with van der Waals surface area (Å²) in [7, 11) is 2.05. The van der Waals surface area contributed by atoms with Crippen LogP contribution in [0.5, 0.6) is 0 Å². The van der Waals surface area contributed by atoms with Crippen LogP contribution in [-0.4, -0.2) is 47.3 Å². The van der Waals surface area contributed by atoms with Crippen LogP contribution in [-0.2, 0) is 4.74 Å². The van der Waals surface area contributed by atoms with Gasteiger partial charge in [0, 0.05) is 19.0 Å². The molecule has 1 aliphatic rings. The number of amidine groups is 1. The second-order valence-corrected chi connectivity index (χ2v) is 5.62. The molecule has 2 atom stereocenters. The summed E-state index contributed by atoms with van der Waals surface area (Å²) in [6, 6.07) is 0.248. The van der Waals surface area contributed by atoms with Gasteiger partial charge in [-0.25, -0.2) is 0 Å². The lowest BCUT2D eigenvalue weighted by atomic mass is 10.1. The van der Waals surface area contributed by atoms with E-state index in [9.17, 15) is 0 Å². The molecule has 0 aliphatic carbocycles. The third kappa shape index (κ3) is 4.52. The molecule has 0 aromatic carbocycles. The molecule has 1 fully saturated rings. The second-order valence-electron chi connectivity index (χ2n) is 5.62. The van der Waals surface area contributed by atoms with E-state index in [0.29, 0.717) is 12.5 Å². The molecule has 17 heavy (non-hydrogen) atoms. The molecule has 5 heteroatoms. The van der Waals surface area contributed by atoms with Gasteiger partial charge < -0.3 is 20.6 Å². The lowest BCUT2D eigenvalue weighted by Gasteiger charge is -2.28. The second kappa shape index (κ2) is 5.69. The van der Waals surface area contributed by atoms with Crippen LogP contribution >= 0.6 is 0 Å². The number of nitrogens with two attached hydrogens (primary N) is 1. The van der Waals surface area contributed by atoms with E-state index < -0.39 is 0 Å². The molecule has 3 N–H and O–H groups in total. The Bertz CT molecular complexity index is 279. The molecular formula is C12H25N3O2. The van der Waals surface area contributed by atoms with Crippen molar-refractivity contribution in [3.05, 3.63) is 0 Å². The van der Waals surface area contributed by atoms with Gasteiger partial charge in [-0.05, 0) is 40.7 Å². The number of hydrogen-bond donors (Lipinski definition) is 2. The van der Waals surface area contributed by atoms with E-state index in [2.05, 4.69) is 30.8 Å². The minimum atomic E-state index is 0.0142. The number of ether oxygens (including phenoxy) is 1. The van der Waals surface area contributed by atoms with E-state index in [1.165, 1.54) is 0 Å². The highest BCUT2D eigenvalue weighted by molar-refractivity contribution is 5.80. The summed E-state index contributed by atoms with van der Waals surface area (Å²) in [5, 5.41) is 11.5. The molecule has 100 valence electrons. The van der Waals surface area contributed by atoms with Crippen molar-refractivity contribution in [1.29, 1.82) is 0 Å². The molecule has 1 heterocycles. The van der Waals surface area contributed by atoms with Gasteiger partial charge in [-0.2, -0.15) is 0 Å². The number of likely N-dealkylation sites (N-methyl/N-ethyl adjacent to an activating group) is 1. The van der Waals surface area contributed by atoms with Gasteiger partial charge in [-0.1, -0.05) is 5.16 Å². The number of hydrogen-bond acceptors (Lipinski definition) is 4. The van der Waals surface area contributed by atoms with Crippen LogP contribution in [0.4, 0.5) is 0 Å². The SMILES string of the molecule is CC(CC(N)=NO)N(C)CC1CCC(C)(C)O1. The van der Waals surface area contributed by atoms with E-state index in [1.54, 1.807) is 0 Å². The molecule has 0 saturated carbocycles. The van der Waals surface area contributed by atoms with Crippen LogP contribution in [0.2, 0.25) is 0 Å². The fraction of sp³-hybridized carbons (Fsp3) is 0.917. The van der Waals surface area contributed by atoms with Crippen molar-refractivity contribution in [2.24, 2.45) is 10.9 Å². The van der Waals surface area contributed by atoms with Crippen molar-refractivity contribution in [2.45, 2.75) is 57.8 Å². The van der Waals surface area contributed by atoms with Crippen LogP contribution in [0.1, 0.15) is 40.0 Å². The molecule has 1 aliphatic heterocycles. The van der Waals surface area contributed by atoms with Gasteiger partial charge in [-0.15, -0.1) is 0 Å². The first-order chi connectivity index (χ1) is 7.84. The lowest BCUT2D eigenvalue weighted by Crippen LogP contribution is -2.38. The zero-order valence-electron chi connectivity index (χ0n) is 11.3. The normalized spacial score (nSPS) is 26.4. The molecule has 0 spiro atoms. The highest BCUT2D eigenvalue weighted by Crippen LogP contribution is 2.29. The molecule has 1 rings (SSSR count). The minimum Gasteiger partial charge on any atom is -0.409 e. The van der Waals surface area contributed by atoms with Gasteiger partial charge in [0.15, 0.2) is 0 Å². The van der Waals surface area contributed by atoms with E-state index in [0.717, 1.165) is 19.4 Å². The summed E-state index contributed by atoms with van der Waals surface area (Å²) in [6.07, 6.45) is 3.08. The maximum atomic E-state index is 8.54. The largest absolute Gasteiger partial charge is 0.409 e. The van der Waals surface area contributed by atoms with Gasteiger partial charge in [0.05, 0.1) is 11.7 Å². The Kier molecular flexibility index (Phi) is 4.77. The smallest absolute Gasteiger partial charge is 0.140 e. The van der Waals surface area contributed by atoms with Crippen molar-refractivity contribution in [1.82, 2.24) is 4.90 Å².